The normalized spacial score (nSPS) is 12.9. The van der Waals surface area contributed by atoms with Gasteiger partial charge >= 0.3 is 0 Å². The first-order chi connectivity index (χ1) is 9.28. The zero-order chi connectivity index (χ0) is 14.3. The van der Waals surface area contributed by atoms with Crippen molar-refractivity contribution < 1.29 is 18.9 Å². The highest BCUT2D eigenvalue weighted by molar-refractivity contribution is 6.38. The Morgan fingerprint density at radius 3 is 1.26 bits per heavy atom. The smallest absolute Gasteiger partial charge is 0.136 e. The Bertz CT molecular complexity index is 159. The van der Waals surface area contributed by atoms with Gasteiger partial charge in [0.05, 0.1) is 0 Å². The van der Waals surface area contributed by atoms with E-state index in [9.17, 15) is 0 Å². The molecular formula is C12H31NO4Si2. The summed E-state index contributed by atoms with van der Waals surface area (Å²) in [5, 5.41) is 3.48. The third-order valence-electron chi connectivity index (χ3n) is 2.52. The monoisotopic (exact) mass is 309 g/mol. The van der Waals surface area contributed by atoms with E-state index >= 15 is 0 Å². The summed E-state index contributed by atoms with van der Waals surface area (Å²) in [7, 11) is -0.759. The molecule has 0 fully saturated rings. The third kappa shape index (κ3) is 11.7. The highest BCUT2D eigenvalue weighted by Gasteiger charge is 2.10. The highest BCUT2D eigenvalue weighted by atomic mass is 28.2. The average molecular weight is 310 g/mol. The molecule has 5 nitrogen and oxygen atoms in total. The number of nitrogens with one attached hydrogen (secondary N) is 1. The zero-order valence-electron chi connectivity index (χ0n) is 12.9. The molecule has 0 heterocycles. The minimum atomic E-state index is -0.380. The molecule has 0 saturated carbocycles. The zero-order valence-corrected chi connectivity index (χ0v) is 15.8. The lowest BCUT2D eigenvalue weighted by molar-refractivity contribution is -0.0830. The molecule has 0 aromatic heterocycles. The molecule has 0 spiro atoms. The van der Waals surface area contributed by atoms with Crippen molar-refractivity contribution in [1.29, 1.82) is 0 Å². The molecule has 0 rings (SSSR count). The van der Waals surface area contributed by atoms with Crippen molar-refractivity contribution in [3.05, 3.63) is 0 Å². The van der Waals surface area contributed by atoms with E-state index < -0.39 is 0 Å². The number of hydrogen-bond acceptors (Lipinski definition) is 5. The van der Waals surface area contributed by atoms with Gasteiger partial charge in [-0.05, 0) is 40.0 Å². The highest BCUT2D eigenvalue weighted by Crippen LogP contribution is 1.93. The molecule has 0 amide bonds. The molecule has 0 aromatic rings. The molecule has 0 atom stereocenters. The van der Waals surface area contributed by atoms with Crippen LogP contribution in [0.2, 0.25) is 0 Å². The van der Waals surface area contributed by atoms with Crippen LogP contribution in [0, 0.1) is 0 Å². The number of ether oxygens (including phenoxy) is 4. The van der Waals surface area contributed by atoms with Crippen LogP contribution in [0.1, 0.15) is 27.7 Å². The van der Waals surface area contributed by atoms with Gasteiger partial charge in [-0.25, -0.2) is 0 Å². The van der Waals surface area contributed by atoms with Crippen LogP contribution in [-0.4, -0.2) is 69.6 Å². The Kier molecular flexibility index (Phi) is 14.8. The molecule has 0 aliphatic carbocycles. The standard InChI is InChI=1S/C12H31NO4Si2/c1-5-14-11(15-6-2)18-9-13-10-19-12(16-7-3)17-8-4/h11-13H,5-10,18-19H2,1-4H3. The first-order valence-corrected chi connectivity index (χ1v) is 11.1. The van der Waals surface area contributed by atoms with Gasteiger partial charge in [-0.15, -0.1) is 0 Å². The second kappa shape index (κ2) is 14.6. The molecule has 0 radical (unpaired) electrons. The summed E-state index contributed by atoms with van der Waals surface area (Å²) < 4.78 is 22.2. The predicted octanol–water partition coefficient (Wildman–Crippen LogP) is -0.458. The van der Waals surface area contributed by atoms with Crippen LogP contribution < -0.4 is 5.32 Å². The molecule has 116 valence electrons. The van der Waals surface area contributed by atoms with E-state index in [0.717, 1.165) is 38.8 Å². The summed E-state index contributed by atoms with van der Waals surface area (Å²) in [6.07, 6.45) is 2.09. The second-order valence-electron chi connectivity index (χ2n) is 4.01. The van der Waals surface area contributed by atoms with Gasteiger partial charge in [-0.3, -0.25) is 0 Å². The van der Waals surface area contributed by atoms with Crippen LogP contribution in [0.15, 0.2) is 0 Å². The topological polar surface area (TPSA) is 49.0 Å². The van der Waals surface area contributed by atoms with Crippen molar-refractivity contribution >= 4 is 19.0 Å². The predicted molar refractivity (Wildman–Crippen MR) is 84.0 cm³/mol. The quantitative estimate of drug-likeness (QED) is 0.267. The molecule has 19 heavy (non-hydrogen) atoms. The third-order valence-corrected chi connectivity index (χ3v) is 5.69. The van der Waals surface area contributed by atoms with Gasteiger partial charge in [0.2, 0.25) is 0 Å². The van der Waals surface area contributed by atoms with Gasteiger partial charge in [0.15, 0.2) is 0 Å². The van der Waals surface area contributed by atoms with Gasteiger partial charge in [-0.2, -0.15) is 0 Å². The Morgan fingerprint density at radius 2 is 1.00 bits per heavy atom. The van der Waals surface area contributed by atoms with E-state index in [-0.39, 0.29) is 30.9 Å². The van der Waals surface area contributed by atoms with Crippen molar-refractivity contribution in [3.63, 3.8) is 0 Å². The van der Waals surface area contributed by atoms with Crippen LogP contribution in [0.5, 0.6) is 0 Å². The molecular weight excluding hydrogens is 278 g/mol. The summed E-state index contributed by atoms with van der Waals surface area (Å²) in [6, 6.07) is 0. The molecule has 7 heteroatoms. The number of rotatable bonds is 14. The minimum absolute atomic E-state index is 0.0544. The van der Waals surface area contributed by atoms with Crippen molar-refractivity contribution in [2.45, 2.75) is 39.5 Å². The Balaban J connectivity index is 3.59. The Morgan fingerprint density at radius 1 is 0.684 bits per heavy atom. The fourth-order valence-corrected chi connectivity index (χ4v) is 5.23. The van der Waals surface area contributed by atoms with E-state index in [1.54, 1.807) is 0 Å². The molecule has 1 N–H and O–H groups in total. The van der Waals surface area contributed by atoms with Gasteiger partial charge in [0.25, 0.3) is 0 Å². The lowest BCUT2D eigenvalue weighted by Crippen LogP contribution is -2.38. The maximum atomic E-state index is 5.55. The van der Waals surface area contributed by atoms with Crippen LogP contribution in [0.4, 0.5) is 0 Å². The van der Waals surface area contributed by atoms with Crippen LogP contribution in [-0.2, 0) is 18.9 Å². The SMILES string of the molecule is CCOC(OCC)[SiH2]CNC[SiH2]C(OCC)OCC. The lowest BCUT2D eigenvalue weighted by atomic mass is 10.8. The Labute approximate surface area is 122 Å². The molecule has 0 aliphatic heterocycles. The van der Waals surface area contributed by atoms with E-state index in [4.69, 9.17) is 18.9 Å². The van der Waals surface area contributed by atoms with Crippen LogP contribution in [0.3, 0.4) is 0 Å². The van der Waals surface area contributed by atoms with Crippen LogP contribution >= 0.6 is 0 Å². The fraction of sp³-hybridized carbons (Fsp3) is 1.00. The summed E-state index contributed by atoms with van der Waals surface area (Å²) in [5.41, 5.74) is 0. The molecule has 0 bridgehead atoms. The summed E-state index contributed by atoms with van der Waals surface area (Å²) >= 11 is 0. The van der Waals surface area contributed by atoms with Gasteiger partial charge in [0, 0.05) is 26.4 Å². The van der Waals surface area contributed by atoms with Gasteiger partial charge < -0.3 is 24.3 Å². The van der Waals surface area contributed by atoms with E-state index in [2.05, 4.69) is 5.32 Å². The number of hydrogen-bond donors (Lipinski definition) is 1. The Hall–Kier alpha value is 0.234. The van der Waals surface area contributed by atoms with Crippen molar-refractivity contribution in [1.82, 2.24) is 5.32 Å². The van der Waals surface area contributed by atoms with E-state index in [1.807, 2.05) is 27.7 Å². The average Bonchev–Trinajstić information content (AvgIpc) is 2.39. The fourth-order valence-electron chi connectivity index (χ4n) is 1.74. The van der Waals surface area contributed by atoms with E-state index in [0.29, 0.717) is 0 Å². The molecule has 0 aromatic carbocycles. The van der Waals surface area contributed by atoms with Crippen molar-refractivity contribution in [2.75, 3.05) is 38.8 Å². The maximum Gasteiger partial charge on any atom is 0.136 e. The van der Waals surface area contributed by atoms with Gasteiger partial charge in [0.1, 0.15) is 30.9 Å². The first-order valence-electron chi connectivity index (χ1n) is 7.45. The summed E-state index contributed by atoms with van der Waals surface area (Å²) in [6.45, 7) is 10.9. The summed E-state index contributed by atoms with van der Waals surface area (Å²) in [5.74, 6) is 0.109. The molecule has 0 aliphatic rings. The van der Waals surface area contributed by atoms with Gasteiger partial charge in [-0.1, -0.05) is 0 Å². The maximum absolute atomic E-state index is 5.55. The molecule has 0 saturated heterocycles. The largest absolute Gasteiger partial charge is 0.357 e. The first kappa shape index (κ1) is 19.2. The van der Waals surface area contributed by atoms with Crippen molar-refractivity contribution in [2.24, 2.45) is 0 Å². The molecule has 0 unspecified atom stereocenters. The lowest BCUT2D eigenvalue weighted by Gasteiger charge is -2.18. The summed E-state index contributed by atoms with van der Waals surface area (Å²) in [4.78, 5) is 0. The van der Waals surface area contributed by atoms with Crippen LogP contribution in [0.25, 0.3) is 0 Å². The second-order valence-corrected chi connectivity index (χ2v) is 7.50. The van der Waals surface area contributed by atoms with Crippen molar-refractivity contribution in [3.8, 4) is 0 Å². The minimum Gasteiger partial charge on any atom is -0.357 e. The van der Waals surface area contributed by atoms with E-state index in [1.165, 1.54) is 0 Å².